The molecule has 152 valence electrons. The minimum absolute atomic E-state index is 0.194. The largest absolute Gasteiger partial charge is 0.478 e. The third-order valence-electron chi connectivity index (χ3n) is 6.80. The molecule has 0 aromatic rings. The summed E-state index contributed by atoms with van der Waals surface area (Å²) in [6.45, 7) is 11.4. The summed E-state index contributed by atoms with van der Waals surface area (Å²) in [5.41, 5.74) is 1.46. The Bertz CT molecular complexity index is 586. The Morgan fingerprint density at radius 2 is 1.85 bits per heavy atom. The van der Waals surface area contributed by atoms with Crippen molar-refractivity contribution in [2.75, 3.05) is 0 Å². The summed E-state index contributed by atoms with van der Waals surface area (Å²) in [6.07, 6.45) is 13.3. The standard InChI is InChI=1S/C24H38O3/c1-15(2)10-11-16(3)23-18(5)14-20-21(25)13-12-17(4)24(20)19(23)8-6-7-9-22(26)27/h6-9,11,15,17-21,23-25H,10,12-14H2,1-5H3,(H,26,27)/b8-6+,9-7+,16-11+/t17-,18-,19+,20-,21-,23+,24-/m0/s1. The van der Waals surface area contributed by atoms with E-state index in [4.69, 9.17) is 5.11 Å². The molecular weight excluding hydrogens is 336 g/mol. The van der Waals surface area contributed by atoms with Crippen LogP contribution in [0.15, 0.2) is 36.0 Å². The quantitative estimate of drug-likeness (QED) is 0.368. The molecule has 2 saturated carbocycles. The molecule has 0 unspecified atom stereocenters. The lowest BCUT2D eigenvalue weighted by molar-refractivity contribution is -0.131. The highest BCUT2D eigenvalue weighted by Gasteiger charge is 2.48. The average Bonchev–Trinajstić information content (AvgIpc) is 2.59. The average molecular weight is 375 g/mol. The van der Waals surface area contributed by atoms with Gasteiger partial charge in [0.25, 0.3) is 0 Å². The van der Waals surface area contributed by atoms with E-state index in [0.717, 1.165) is 25.7 Å². The zero-order chi connectivity index (χ0) is 20.1. The summed E-state index contributed by atoms with van der Waals surface area (Å²) < 4.78 is 0. The zero-order valence-electron chi connectivity index (χ0n) is 17.6. The first-order valence-electron chi connectivity index (χ1n) is 10.6. The summed E-state index contributed by atoms with van der Waals surface area (Å²) in [4.78, 5) is 10.8. The van der Waals surface area contributed by atoms with Crippen molar-refractivity contribution >= 4 is 5.97 Å². The van der Waals surface area contributed by atoms with Crippen molar-refractivity contribution in [3.8, 4) is 0 Å². The molecule has 0 aliphatic heterocycles. The van der Waals surface area contributed by atoms with Crippen LogP contribution in [-0.4, -0.2) is 22.3 Å². The van der Waals surface area contributed by atoms with Gasteiger partial charge in [0.1, 0.15) is 0 Å². The van der Waals surface area contributed by atoms with Gasteiger partial charge in [-0.1, -0.05) is 57.6 Å². The molecule has 0 bridgehead atoms. The first kappa shape index (κ1) is 21.9. The molecule has 0 radical (unpaired) electrons. The van der Waals surface area contributed by atoms with Crippen molar-refractivity contribution in [1.82, 2.24) is 0 Å². The van der Waals surface area contributed by atoms with Crippen LogP contribution >= 0.6 is 0 Å². The number of carbonyl (C=O) groups is 1. The van der Waals surface area contributed by atoms with Gasteiger partial charge in [0, 0.05) is 6.08 Å². The smallest absolute Gasteiger partial charge is 0.328 e. The molecule has 3 nitrogen and oxygen atoms in total. The van der Waals surface area contributed by atoms with E-state index in [2.05, 4.69) is 46.8 Å². The molecule has 0 heterocycles. The third-order valence-corrected chi connectivity index (χ3v) is 6.80. The van der Waals surface area contributed by atoms with Crippen LogP contribution in [0.3, 0.4) is 0 Å². The maximum atomic E-state index is 10.8. The Morgan fingerprint density at radius 3 is 2.48 bits per heavy atom. The van der Waals surface area contributed by atoms with E-state index in [9.17, 15) is 9.90 Å². The van der Waals surface area contributed by atoms with E-state index in [-0.39, 0.29) is 6.10 Å². The maximum absolute atomic E-state index is 10.8. The Labute approximate surface area is 165 Å². The molecule has 3 heteroatoms. The van der Waals surface area contributed by atoms with Crippen LogP contribution in [-0.2, 0) is 4.79 Å². The van der Waals surface area contributed by atoms with Crippen LogP contribution in [0.5, 0.6) is 0 Å². The number of carboxylic acid groups (broad SMARTS) is 1. The molecule has 7 atom stereocenters. The molecule has 0 amide bonds. The van der Waals surface area contributed by atoms with Crippen molar-refractivity contribution < 1.29 is 15.0 Å². The van der Waals surface area contributed by atoms with Crippen LogP contribution in [0.2, 0.25) is 0 Å². The van der Waals surface area contributed by atoms with Crippen molar-refractivity contribution in [2.24, 2.45) is 41.4 Å². The van der Waals surface area contributed by atoms with Crippen LogP contribution in [0, 0.1) is 41.4 Å². The molecule has 2 aliphatic carbocycles. The van der Waals surface area contributed by atoms with Gasteiger partial charge in [-0.3, -0.25) is 0 Å². The summed E-state index contributed by atoms with van der Waals surface area (Å²) in [7, 11) is 0. The van der Waals surface area contributed by atoms with Gasteiger partial charge in [-0.25, -0.2) is 4.79 Å². The summed E-state index contributed by atoms with van der Waals surface area (Å²) in [5.74, 6) is 2.48. The molecule has 2 aliphatic rings. The predicted octanol–water partition coefficient (Wildman–Crippen LogP) is 5.47. The molecule has 0 saturated heterocycles. The van der Waals surface area contributed by atoms with Crippen LogP contribution in [0.25, 0.3) is 0 Å². The lowest BCUT2D eigenvalue weighted by Gasteiger charge is -2.52. The number of allylic oxidation sites excluding steroid dienone is 5. The van der Waals surface area contributed by atoms with E-state index >= 15 is 0 Å². The number of fused-ring (bicyclic) bond motifs is 1. The maximum Gasteiger partial charge on any atom is 0.328 e. The van der Waals surface area contributed by atoms with E-state index in [0.29, 0.717) is 41.4 Å². The van der Waals surface area contributed by atoms with Crippen molar-refractivity contribution in [1.29, 1.82) is 0 Å². The first-order chi connectivity index (χ1) is 12.7. The van der Waals surface area contributed by atoms with Crippen molar-refractivity contribution in [3.05, 3.63) is 36.0 Å². The number of aliphatic hydroxyl groups excluding tert-OH is 1. The molecule has 2 rings (SSSR count). The van der Waals surface area contributed by atoms with Crippen LogP contribution in [0.1, 0.15) is 60.3 Å². The highest BCUT2D eigenvalue weighted by Crippen LogP contribution is 2.53. The molecule has 2 N–H and O–H groups in total. The Hall–Kier alpha value is -1.35. The third kappa shape index (κ3) is 5.57. The van der Waals surface area contributed by atoms with Gasteiger partial charge in [0.05, 0.1) is 6.10 Å². The minimum atomic E-state index is -0.916. The molecule has 0 aromatic carbocycles. The van der Waals surface area contributed by atoms with Crippen molar-refractivity contribution in [3.63, 3.8) is 0 Å². The Kier molecular flexibility index (Phi) is 7.91. The number of hydrogen-bond acceptors (Lipinski definition) is 2. The molecule has 0 aromatic heterocycles. The van der Waals surface area contributed by atoms with Gasteiger partial charge in [0.15, 0.2) is 0 Å². The lowest BCUT2D eigenvalue weighted by Crippen LogP contribution is -2.48. The fraction of sp³-hybridized carbons (Fsp3) is 0.708. The van der Waals surface area contributed by atoms with Gasteiger partial charge in [0.2, 0.25) is 0 Å². The topological polar surface area (TPSA) is 57.5 Å². The molecular formula is C24H38O3. The SMILES string of the molecule is C/C(=C\CC(C)C)[C@H]1[C@@H](/C=C/C=C/C(=O)O)[C@H]2[C@@H](C[C@@H]1C)[C@@H](O)CC[C@@H]2C. The molecule has 27 heavy (non-hydrogen) atoms. The fourth-order valence-corrected chi connectivity index (χ4v) is 5.58. The van der Waals surface area contributed by atoms with Gasteiger partial charge >= 0.3 is 5.97 Å². The van der Waals surface area contributed by atoms with Gasteiger partial charge in [-0.05, 0) is 74.0 Å². The van der Waals surface area contributed by atoms with E-state index in [1.807, 2.05) is 6.08 Å². The number of aliphatic hydroxyl groups is 1. The summed E-state index contributed by atoms with van der Waals surface area (Å²) in [5, 5.41) is 19.5. The predicted molar refractivity (Wildman–Crippen MR) is 111 cm³/mol. The zero-order valence-corrected chi connectivity index (χ0v) is 17.6. The van der Waals surface area contributed by atoms with E-state index in [1.54, 1.807) is 6.08 Å². The lowest BCUT2D eigenvalue weighted by atomic mass is 9.53. The second-order valence-corrected chi connectivity index (χ2v) is 9.34. The monoisotopic (exact) mass is 374 g/mol. The van der Waals surface area contributed by atoms with Crippen LogP contribution in [0.4, 0.5) is 0 Å². The van der Waals surface area contributed by atoms with Gasteiger partial charge in [-0.2, -0.15) is 0 Å². The number of carboxylic acids is 1. The normalized spacial score (nSPS) is 37.9. The van der Waals surface area contributed by atoms with Crippen molar-refractivity contribution in [2.45, 2.75) is 66.4 Å². The second-order valence-electron chi connectivity index (χ2n) is 9.34. The van der Waals surface area contributed by atoms with Gasteiger partial charge in [-0.15, -0.1) is 0 Å². The summed E-state index contributed by atoms with van der Waals surface area (Å²) >= 11 is 0. The van der Waals surface area contributed by atoms with Gasteiger partial charge < -0.3 is 10.2 Å². The molecule has 2 fully saturated rings. The summed E-state index contributed by atoms with van der Waals surface area (Å²) in [6, 6.07) is 0. The van der Waals surface area contributed by atoms with E-state index in [1.165, 1.54) is 11.6 Å². The number of rotatable bonds is 6. The number of aliphatic carboxylic acids is 1. The highest BCUT2D eigenvalue weighted by molar-refractivity contribution is 5.80. The fourth-order valence-electron chi connectivity index (χ4n) is 5.58. The second kappa shape index (κ2) is 9.73. The minimum Gasteiger partial charge on any atom is -0.478 e. The first-order valence-corrected chi connectivity index (χ1v) is 10.6. The van der Waals surface area contributed by atoms with Crippen LogP contribution < -0.4 is 0 Å². The highest BCUT2D eigenvalue weighted by atomic mass is 16.4. The van der Waals surface area contributed by atoms with E-state index < -0.39 is 5.97 Å². The Balaban J connectivity index is 2.36. The number of hydrogen-bond donors (Lipinski definition) is 2. The Morgan fingerprint density at radius 1 is 1.15 bits per heavy atom. The molecule has 0 spiro atoms.